The number of pyridine rings is 1. The molecule has 0 N–H and O–H groups in total. The maximum atomic E-state index is 13.3. The van der Waals surface area contributed by atoms with Gasteiger partial charge in [0.2, 0.25) is 0 Å². The number of benzene rings is 1. The van der Waals surface area contributed by atoms with Gasteiger partial charge in [0, 0.05) is 6.20 Å². The fraction of sp³-hybridized carbons (Fsp3) is 0. The molecule has 0 unspecified atom stereocenters. The van der Waals surface area contributed by atoms with Gasteiger partial charge in [-0.1, -0.05) is 12.1 Å². The molecule has 0 amide bonds. The van der Waals surface area contributed by atoms with Crippen LogP contribution in [0.15, 0.2) is 42.6 Å². The van der Waals surface area contributed by atoms with Crippen molar-refractivity contribution in [2.24, 2.45) is 0 Å². The van der Waals surface area contributed by atoms with Gasteiger partial charge in [0.15, 0.2) is 0 Å². The monoisotopic (exact) mass is 191 g/mol. The summed E-state index contributed by atoms with van der Waals surface area (Å²) in [7, 11) is 0. The van der Waals surface area contributed by atoms with Crippen LogP contribution >= 0.6 is 0 Å². The standard InChI is InChI=1S/C11H7F2N/c12-8-4-3-5-9(13)11(8)10-6-1-2-7-14-10/h1-7H. The first kappa shape index (κ1) is 8.81. The Balaban J connectivity index is 2.63. The molecular weight excluding hydrogens is 184 g/mol. The molecule has 1 heterocycles. The normalized spacial score (nSPS) is 10.1. The van der Waals surface area contributed by atoms with E-state index in [0.717, 1.165) is 0 Å². The van der Waals surface area contributed by atoms with Crippen molar-refractivity contribution < 1.29 is 8.78 Å². The van der Waals surface area contributed by atoms with Gasteiger partial charge in [-0.25, -0.2) is 8.78 Å². The molecule has 0 spiro atoms. The van der Waals surface area contributed by atoms with Gasteiger partial charge in [-0.05, 0) is 24.3 Å². The second kappa shape index (κ2) is 3.54. The molecule has 14 heavy (non-hydrogen) atoms. The molecular formula is C11H7F2N. The van der Waals surface area contributed by atoms with Gasteiger partial charge in [0.1, 0.15) is 11.6 Å². The number of rotatable bonds is 1. The van der Waals surface area contributed by atoms with Crippen molar-refractivity contribution in [3.05, 3.63) is 54.2 Å². The molecule has 1 nitrogen and oxygen atoms in total. The second-order valence-corrected chi connectivity index (χ2v) is 2.81. The number of hydrogen-bond donors (Lipinski definition) is 0. The first-order chi connectivity index (χ1) is 6.79. The fourth-order valence-corrected chi connectivity index (χ4v) is 1.25. The van der Waals surface area contributed by atoms with E-state index in [9.17, 15) is 8.78 Å². The Kier molecular flexibility index (Phi) is 2.23. The molecule has 0 radical (unpaired) electrons. The van der Waals surface area contributed by atoms with Crippen molar-refractivity contribution >= 4 is 0 Å². The van der Waals surface area contributed by atoms with Crippen LogP contribution in [-0.4, -0.2) is 4.98 Å². The van der Waals surface area contributed by atoms with Crippen molar-refractivity contribution in [2.75, 3.05) is 0 Å². The lowest BCUT2D eigenvalue weighted by molar-refractivity contribution is 0.588. The summed E-state index contributed by atoms with van der Waals surface area (Å²) in [5.41, 5.74) is 0.233. The Morgan fingerprint density at radius 2 is 1.57 bits per heavy atom. The molecule has 0 saturated heterocycles. The van der Waals surface area contributed by atoms with E-state index in [1.54, 1.807) is 18.2 Å². The van der Waals surface area contributed by atoms with E-state index in [2.05, 4.69) is 4.98 Å². The van der Waals surface area contributed by atoms with Gasteiger partial charge in [-0.2, -0.15) is 0 Å². The third-order valence-electron chi connectivity index (χ3n) is 1.88. The Labute approximate surface area is 80.0 Å². The molecule has 3 heteroatoms. The van der Waals surface area contributed by atoms with Crippen LogP contribution in [-0.2, 0) is 0 Å². The molecule has 1 aromatic heterocycles. The zero-order valence-corrected chi connectivity index (χ0v) is 7.24. The summed E-state index contributed by atoms with van der Waals surface area (Å²) in [6.45, 7) is 0. The molecule has 2 rings (SSSR count). The summed E-state index contributed by atoms with van der Waals surface area (Å²) >= 11 is 0. The number of aromatic nitrogens is 1. The molecule has 0 fully saturated rings. The minimum atomic E-state index is -0.594. The van der Waals surface area contributed by atoms with E-state index < -0.39 is 11.6 Å². The van der Waals surface area contributed by atoms with Crippen LogP contribution in [0.4, 0.5) is 8.78 Å². The van der Waals surface area contributed by atoms with Gasteiger partial charge in [0.05, 0.1) is 11.3 Å². The van der Waals surface area contributed by atoms with Gasteiger partial charge in [-0.15, -0.1) is 0 Å². The van der Waals surface area contributed by atoms with Gasteiger partial charge in [0.25, 0.3) is 0 Å². The predicted molar refractivity (Wildman–Crippen MR) is 49.6 cm³/mol. The Morgan fingerprint density at radius 1 is 0.857 bits per heavy atom. The van der Waals surface area contributed by atoms with E-state index in [0.29, 0.717) is 5.69 Å². The molecule has 0 aliphatic rings. The maximum absolute atomic E-state index is 13.3. The summed E-state index contributed by atoms with van der Waals surface area (Å²) in [6.07, 6.45) is 1.50. The summed E-state index contributed by atoms with van der Waals surface area (Å²) in [6, 6.07) is 8.72. The van der Waals surface area contributed by atoms with Crippen molar-refractivity contribution in [2.45, 2.75) is 0 Å². The molecule has 0 aliphatic heterocycles. The van der Waals surface area contributed by atoms with Crippen LogP contribution in [0.5, 0.6) is 0 Å². The fourth-order valence-electron chi connectivity index (χ4n) is 1.25. The number of nitrogens with zero attached hydrogens (tertiary/aromatic N) is 1. The molecule has 2 aromatic rings. The van der Waals surface area contributed by atoms with Gasteiger partial charge >= 0.3 is 0 Å². The van der Waals surface area contributed by atoms with E-state index in [1.165, 1.54) is 24.4 Å². The van der Waals surface area contributed by atoms with E-state index in [1.807, 2.05) is 0 Å². The first-order valence-electron chi connectivity index (χ1n) is 4.14. The quantitative estimate of drug-likeness (QED) is 0.675. The molecule has 0 bridgehead atoms. The largest absolute Gasteiger partial charge is 0.256 e. The summed E-state index contributed by atoms with van der Waals surface area (Å²) < 4.78 is 26.5. The zero-order chi connectivity index (χ0) is 9.97. The highest BCUT2D eigenvalue weighted by molar-refractivity contribution is 5.60. The minimum absolute atomic E-state index is 0.0758. The van der Waals surface area contributed by atoms with Crippen molar-refractivity contribution in [3.63, 3.8) is 0 Å². The average molecular weight is 191 g/mol. The van der Waals surface area contributed by atoms with E-state index in [4.69, 9.17) is 0 Å². The highest BCUT2D eigenvalue weighted by atomic mass is 19.1. The molecule has 0 aliphatic carbocycles. The number of hydrogen-bond acceptors (Lipinski definition) is 1. The van der Waals surface area contributed by atoms with Gasteiger partial charge in [-0.3, -0.25) is 4.98 Å². The highest BCUT2D eigenvalue weighted by Crippen LogP contribution is 2.23. The topological polar surface area (TPSA) is 12.9 Å². The molecule has 70 valence electrons. The lowest BCUT2D eigenvalue weighted by Gasteiger charge is -2.02. The van der Waals surface area contributed by atoms with Crippen molar-refractivity contribution in [1.29, 1.82) is 0 Å². The Hall–Kier alpha value is -1.77. The van der Waals surface area contributed by atoms with E-state index >= 15 is 0 Å². The third kappa shape index (κ3) is 1.48. The first-order valence-corrected chi connectivity index (χ1v) is 4.14. The lowest BCUT2D eigenvalue weighted by Crippen LogP contribution is -1.91. The van der Waals surface area contributed by atoms with Crippen LogP contribution in [0.2, 0.25) is 0 Å². The van der Waals surface area contributed by atoms with Crippen LogP contribution in [0.1, 0.15) is 0 Å². The van der Waals surface area contributed by atoms with Crippen LogP contribution < -0.4 is 0 Å². The minimum Gasteiger partial charge on any atom is -0.256 e. The average Bonchev–Trinajstić information content (AvgIpc) is 2.19. The third-order valence-corrected chi connectivity index (χ3v) is 1.88. The molecule has 0 atom stereocenters. The van der Waals surface area contributed by atoms with Crippen LogP contribution in [0, 0.1) is 11.6 Å². The Bertz CT molecular complexity index is 420. The van der Waals surface area contributed by atoms with Crippen molar-refractivity contribution in [1.82, 2.24) is 4.98 Å². The summed E-state index contributed by atoms with van der Waals surface area (Å²) in [5.74, 6) is -1.19. The summed E-state index contributed by atoms with van der Waals surface area (Å²) in [4.78, 5) is 3.89. The highest BCUT2D eigenvalue weighted by Gasteiger charge is 2.10. The molecule has 1 aromatic carbocycles. The zero-order valence-electron chi connectivity index (χ0n) is 7.24. The number of halogens is 2. The van der Waals surface area contributed by atoms with Crippen LogP contribution in [0.3, 0.4) is 0 Å². The maximum Gasteiger partial charge on any atom is 0.135 e. The van der Waals surface area contributed by atoms with Crippen LogP contribution in [0.25, 0.3) is 11.3 Å². The summed E-state index contributed by atoms with van der Waals surface area (Å²) in [5, 5.41) is 0. The van der Waals surface area contributed by atoms with Crippen molar-refractivity contribution in [3.8, 4) is 11.3 Å². The predicted octanol–water partition coefficient (Wildman–Crippen LogP) is 3.03. The molecule has 0 saturated carbocycles. The van der Waals surface area contributed by atoms with E-state index in [-0.39, 0.29) is 5.56 Å². The lowest BCUT2D eigenvalue weighted by atomic mass is 10.1. The smallest absolute Gasteiger partial charge is 0.135 e. The Morgan fingerprint density at radius 3 is 2.14 bits per heavy atom. The van der Waals surface area contributed by atoms with Gasteiger partial charge < -0.3 is 0 Å². The second-order valence-electron chi connectivity index (χ2n) is 2.81. The SMILES string of the molecule is Fc1cccc(F)c1-c1ccccn1.